The molecule has 1 fully saturated rings. The maximum atomic E-state index is 9.24. The highest BCUT2D eigenvalue weighted by atomic mass is 16.4. The van der Waals surface area contributed by atoms with Crippen LogP contribution in [0.2, 0.25) is 0 Å². The van der Waals surface area contributed by atoms with E-state index in [2.05, 4.69) is 5.73 Å². The molecule has 4 heteroatoms. The number of carboxylic acids is 1. The summed E-state index contributed by atoms with van der Waals surface area (Å²) in [6.07, 6.45) is 2.77. The van der Waals surface area contributed by atoms with E-state index in [1.165, 1.54) is 12.8 Å². The van der Waals surface area contributed by atoms with Gasteiger partial charge in [0, 0.05) is 0 Å². The Bertz CT molecular complexity index is 102. The second-order valence-electron chi connectivity index (χ2n) is 2.28. The molecular weight excluding hydrogens is 132 g/mol. The van der Waals surface area contributed by atoms with Gasteiger partial charge in [0.1, 0.15) is 0 Å². The van der Waals surface area contributed by atoms with Crippen molar-refractivity contribution in [2.75, 3.05) is 13.1 Å². The first-order valence-electron chi connectivity index (χ1n) is 3.32. The van der Waals surface area contributed by atoms with Crippen molar-refractivity contribution in [3.63, 3.8) is 0 Å². The van der Waals surface area contributed by atoms with Gasteiger partial charge in [0.15, 0.2) is 0 Å². The van der Waals surface area contributed by atoms with Gasteiger partial charge in [-0.05, 0) is 25.3 Å². The minimum atomic E-state index is -0.968. The summed E-state index contributed by atoms with van der Waals surface area (Å²) >= 11 is 0. The van der Waals surface area contributed by atoms with Crippen molar-refractivity contribution >= 4 is 5.97 Å². The maximum Gasteiger partial charge on any atom is 0.317 e. The number of aliphatic carboxylic acids is 1. The Morgan fingerprint density at radius 2 is 1.90 bits per heavy atom. The molecule has 0 saturated heterocycles. The molecule has 0 radical (unpaired) electrons. The first-order valence-corrected chi connectivity index (χ1v) is 3.32. The van der Waals surface area contributed by atoms with Gasteiger partial charge in [-0.25, -0.2) is 0 Å². The predicted molar refractivity (Wildman–Crippen MR) is 38.5 cm³/mol. The van der Waals surface area contributed by atoms with Crippen molar-refractivity contribution in [3.05, 3.63) is 0 Å². The monoisotopic (exact) mass is 146 g/mol. The summed E-state index contributed by atoms with van der Waals surface area (Å²) in [6, 6.07) is 0. The summed E-state index contributed by atoms with van der Waals surface area (Å²) in [5, 5.41) is 7.60. The Morgan fingerprint density at radius 1 is 1.50 bits per heavy atom. The molecule has 0 aromatic rings. The Kier molecular flexibility index (Phi) is 4.88. The van der Waals surface area contributed by atoms with E-state index in [4.69, 9.17) is 10.8 Å². The molecule has 10 heavy (non-hydrogen) atoms. The molecule has 0 bridgehead atoms. The molecule has 0 heterocycles. The SMILES string of the molecule is NCC(=O)O.NCC1CC1. The van der Waals surface area contributed by atoms with Crippen LogP contribution in [-0.2, 0) is 4.79 Å². The van der Waals surface area contributed by atoms with E-state index in [-0.39, 0.29) is 6.54 Å². The lowest BCUT2D eigenvalue weighted by atomic mass is 10.5. The number of carbonyl (C=O) groups is 1. The number of carboxylic acid groups (broad SMARTS) is 1. The third kappa shape index (κ3) is 7.39. The Labute approximate surface area is 60.2 Å². The highest BCUT2D eigenvalue weighted by Crippen LogP contribution is 2.26. The summed E-state index contributed by atoms with van der Waals surface area (Å²) in [7, 11) is 0. The van der Waals surface area contributed by atoms with Gasteiger partial charge >= 0.3 is 5.97 Å². The number of hydrogen-bond donors (Lipinski definition) is 3. The lowest BCUT2D eigenvalue weighted by Gasteiger charge is -1.74. The van der Waals surface area contributed by atoms with Gasteiger partial charge in [-0.2, -0.15) is 0 Å². The zero-order chi connectivity index (χ0) is 7.98. The molecule has 0 aliphatic heterocycles. The number of nitrogens with two attached hydrogens (primary N) is 2. The largest absolute Gasteiger partial charge is 0.480 e. The van der Waals surface area contributed by atoms with Crippen LogP contribution in [0.15, 0.2) is 0 Å². The van der Waals surface area contributed by atoms with Crippen molar-refractivity contribution < 1.29 is 9.90 Å². The molecule has 1 aliphatic carbocycles. The first kappa shape index (κ1) is 9.39. The second-order valence-corrected chi connectivity index (χ2v) is 2.28. The van der Waals surface area contributed by atoms with Crippen LogP contribution in [0, 0.1) is 5.92 Å². The zero-order valence-corrected chi connectivity index (χ0v) is 5.92. The van der Waals surface area contributed by atoms with Gasteiger partial charge in [-0.15, -0.1) is 0 Å². The molecule has 1 saturated carbocycles. The number of hydrogen-bond acceptors (Lipinski definition) is 3. The lowest BCUT2D eigenvalue weighted by Crippen LogP contribution is -2.10. The lowest BCUT2D eigenvalue weighted by molar-refractivity contribution is -0.135. The van der Waals surface area contributed by atoms with Crippen LogP contribution in [0.3, 0.4) is 0 Å². The number of rotatable bonds is 2. The van der Waals surface area contributed by atoms with E-state index in [0.717, 1.165) is 12.5 Å². The van der Waals surface area contributed by atoms with E-state index in [1.807, 2.05) is 0 Å². The van der Waals surface area contributed by atoms with Crippen LogP contribution < -0.4 is 11.5 Å². The molecule has 0 atom stereocenters. The smallest absolute Gasteiger partial charge is 0.317 e. The molecule has 1 aliphatic rings. The normalized spacial score (nSPS) is 15.4. The molecule has 0 unspecified atom stereocenters. The molecule has 60 valence electrons. The molecule has 1 rings (SSSR count). The van der Waals surface area contributed by atoms with Gasteiger partial charge < -0.3 is 16.6 Å². The van der Waals surface area contributed by atoms with Crippen molar-refractivity contribution in [1.29, 1.82) is 0 Å². The summed E-state index contributed by atoms with van der Waals surface area (Å²) in [5.41, 5.74) is 9.81. The standard InChI is InChI=1S/C4H9N.C2H5NO2/c5-3-4-1-2-4;3-1-2(4)5/h4H,1-3,5H2;1,3H2,(H,4,5). The fourth-order valence-electron chi connectivity index (χ4n) is 0.354. The van der Waals surface area contributed by atoms with E-state index in [1.54, 1.807) is 0 Å². The van der Waals surface area contributed by atoms with E-state index < -0.39 is 5.97 Å². The van der Waals surface area contributed by atoms with E-state index in [9.17, 15) is 4.79 Å². The maximum absolute atomic E-state index is 9.24. The van der Waals surface area contributed by atoms with Gasteiger partial charge in [-0.3, -0.25) is 4.79 Å². The van der Waals surface area contributed by atoms with Crippen molar-refractivity contribution in [2.24, 2.45) is 17.4 Å². The van der Waals surface area contributed by atoms with E-state index in [0.29, 0.717) is 0 Å². The molecular formula is C6H14N2O2. The van der Waals surface area contributed by atoms with Crippen LogP contribution in [-0.4, -0.2) is 24.2 Å². The van der Waals surface area contributed by atoms with Crippen LogP contribution in [0.4, 0.5) is 0 Å². The summed E-state index contributed by atoms with van der Waals surface area (Å²) in [5.74, 6) is -0.0556. The molecule has 5 N–H and O–H groups in total. The van der Waals surface area contributed by atoms with E-state index >= 15 is 0 Å². The Balaban J connectivity index is 0.000000162. The highest BCUT2D eigenvalue weighted by Gasteiger charge is 2.17. The predicted octanol–water partition coefficient (Wildman–Crippen LogP) is -0.615. The fraction of sp³-hybridized carbons (Fsp3) is 0.833. The molecule has 0 aromatic carbocycles. The summed E-state index contributed by atoms with van der Waals surface area (Å²) in [6.45, 7) is 0.639. The second kappa shape index (κ2) is 5.20. The summed E-state index contributed by atoms with van der Waals surface area (Å²) < 4.78 is 0. The highest BCUT2D eigenvalue weighted by molar-refractivity contribution is 5.68. The van der Waals surface area contributed by atoms with Crippen LogP contribution in [0.5, 0.6) is 0 Å². The first-order chi connectivity index (χ1) is 4.70. The van der Waals surface area contributed by atoms with Gasteiger partial charge in [-0.1, -0.05) is 0 Å². The van der Waals surface area contributed by atoms with Gasteiger partial charge in [0.05, 0.1) is 6.54 Å². The average Bonchev–Trinajstić information content (AvgIpc) is 2.70. The molecule has 0 spiro atoms. The third-order valence-corrected chi connectivity index (χ3v) is 1.20. The third-order valence-electron chi connectivity index (χ3n) is 1.20. The molecule has 0 aromatic heterocycles. The van der Waals surface area contributed by atoms with Crippen molar-refractivity contribution in [2.45, 2.75) is 12.8 Å². The Hall–Kier alpha value is -0.610. The van der Waals surface area contributed by atoms with Crippen LogP contribution in [0.25, 0.3) is 0 Å². The Morgan fingerprint density at radius 3 is 1.90 bits per heavy atom. The molecule has 4 nitrogen and oxygen atoms in total. The van der Waals surface area contributed by atoms with Crippen LogP contribution in [0.1, 0.15) is 12.8 Å². The minimum absolute atomic E-state index is 0.278. The summed E-state index contributed by atoms with van der Waals surface area (Å²) in [4.78, 5) is 9.24. The topological polar surface area (TPSA) is 89.3 Å². The van der Waals surface area contributed by atoms with Crippen molar-refractivity contribution in [3.8, 4) is 0 Å². The minimum Gasteiger partial charge on any atom is -0.480 e. The van der Waals surface area contributed by atoms with Gasteiger partial charge in [0.25, 0.3) is 0 Å². The van der Waals surface area contributed by atoms with Crippen molar-refractivity contribution in [1.82, 2.24) is 0 Å². The fourth-order valence-corrected chi connectivity index (χ4v) is 0.354. The average molecular weight is 146 g/mol. The van der Waals surface area contributed by atoms with Crippen LogP contribution >= 0.6 is 0 Å². The zero-order valence-electron chi connectivity index (χ0n) is 5.92. The van der Waals surface area contributed by atoms with Gasteiger partial charge in [0.2, 0.25) is 0 Å². The quantitative estimate of drug-likeness (QED) is 0.484. The molecule has 0 amide bonds.